The molecule has 2 nitrogen and oxygen atoms in total. The van der Waals surface area contributed by atoms with Crippen molar-refractivity contribution in [1.82, 2.24) is 4.90 Å². The quantitative estimate of drug-likeness (QED) is 0.732. The van der Waals surface area contributed by atoms with Crippen LogP contribution in [0, 0.1) is 5.92 Å². The Morgan fingerprint density at radius 2 is 2.19 bits per heavy atom. The van der Waals surface area contributed by atoms with Crippen LogP contribution in [0.15, 0.2) is 17.5 Å². The molecule has 0 bridgehead atoms. The Hall–Kier alpha value is -0.830. The van der Waals surface area contributed by atoms with Gasteiger partial charge in [0.1, 0.15) is 0 Å². The summed E-state index contributed by atoms with van der Waals surface area (Å²) in [6, 6.07) is 4.46. The van der Waals surface area contributed by atoms with Crippen molar-refractivity contribution >= 4 is 17.2 Å². The summed E-state index contributed by atoms with van der Waals surface area (Å²) in [5.74, 6) is 1.06. The highest BCUT2D eigenvalue weighted by molar-refractivity contribution is 7.12. The van der Waals surface area contributed by atoms with Crippen LogP contribution in [-0.2, 0) is 0 Å². The second kappa shape index (κ2) is 4.21. The van der Waals surface area contributed by atoms with Gasteiger partial charge in [-0.25, -0.2) is 0 Å². The summed E-state index contributed by atoms with van der Waals surface area (Å²) in [6.45, 7) is 0.978. The van der Waals surface area contributed by atoms with Crippen molar-refractivity contribution in [2.75, 3.05) is 6.54 Å². The zero-order chi connectivity index (χ0) is 11.0. The van der Waals surface area contributed by atoms with Gasteiger partial charge in [0.15, 0.2) is 0 Å². The number of nitrogens with zero attached hydrogens (tertiary/aromatic N) is 1. The topological polar surface area (TPSA) is 20.3 Å². The number of thiophene rings is 1. The van der Waals surface area contributed by atoms with E-state index >= 15 is 0 Å². The summed E-state index contributed by atoms with van der Waals surface area (Å²) in [7, 11) is 0. The van der Waals surface area contributed by atoms with Gasteiger partial charge in [-0.05, 0) is 36.6 Å². The summed E-state index contributed by atoms with van der Waals surface area (Å²) < 4.78 is 0. The zero-order valence-corrected chi connectivity index (χ0v) is 10.2. The molecule has 2 atom stereocenters. The minimum absolute atomic E-state index is 0.268. The number of hydrogen-bond acceptors (Lipinski definition) is 2. The number of rotatable bonds is 1. The largest absolute Gasteiger partial charge is 0.335 e. The molecule has 3 heteroatoms. The minimum atomic E-state index is 0.268. The molecule has 2 fully saturated rings. The van der Waals surface area contributed by atoms with E-state index in [1.54, 1.807) is 11.3 Å². The Balaban J connectivity index is 1.78. The summed E-state index contributed by atoms with van der Waals surface area (Å²) in [5.41, 5.74) is 0. The molecule has 1 aromatic heterocycles. The minimum Gasteiger partial charge on any atom is -0.335 e. The van der Waals surface area contributed by atoms with Crippen LogP contribution in [0.2, 0.25) is 0 Å². The average Bonchev–Trinajstić information content (AvgIpc) is 2.98. The summed E-state index contributed by atoms with van der Waals surface area (Å²) in [4.78, 5) is 15.3. The van der Waals surface area contributed by atoms with Crippen LogP contribution in [0.5, 0.6) is 0 Å². The van der Waals surface area contributed by atoms with Crippen molar-refractivity contribution in [3.63, 3.8) is 0 Å². The third-order valence-corrected chi connectivity index (χ3v) is 4.86. The van der Waals surface area contributed by atoms with E-state index in [1.165, 1.54) is 32.1 Å². The molecule has 1 saturated heterocycles. The lowest BCUT2D eigenvalue weighted by molar-refractivity contribution is 0.0695. The van der Waals surface area contributed by atoms with Crippen LogP contribution in [0.4, 0.5) is 0 Å². The average molecular weight is 235 g/mol. The van der Waals surface area contributed by atoms with Crippen molar-refractivity contribution in [3.8, 4) is 0 Å². The van der Waals surface area contributed by atoms with Crippen molar-refractivity contribution in [1.29, 1.82) is 0 Å². The molecule has 86 valence electrons. The van der Waals surface area contributed by atoms with Crippen molar-refractivity contribution in [3.05, 3.63) is 22.4 Å². The molecule has 1 aliphatic carbocycles. The Kier molecular flexibility index (Phi) is 2.72. The lowest BCUT2D eigenvalue weighted by Crippen LogP contribution is -2.38. The summed E-state index contributed by atoms with van der Waals surface area (Å²) >= 11 is 1.57. The lowest BCUT2D eigenvalue weighted by atomic mass is 9.85. The van der Waals surface area contributed by atoms with Gasteiger partial charge in [0, 0.05) is 12.6 Å². The predicted molar refractivity (Wildman–Crippen MR) is 65.7 cm³/mol. The molecule has 2 heterocycles. The van der Waals surface area contributed by atoms with Crippen molar-refractivity contribution < 1.29 is 4.79 Å². The molecule has 1 saturated carbocycles. The molecular weight excluding hydrogens is 218 g/mol. The van der Waals surface area contributed by atoms with Gasteiger partial charge in [0.05, 0.1) is 4.88 Å². The number of likely N-dealkylation sites (tertiary alicyclic amines) is 1. The molecule has 3 rings (SSSR count). The molecule has 1 amide bonds. The smallest absolute Gasteiger partial charge is 0.264 e. The molecule has 0 spiro atoms. The number of carbonyl (C=O) groups is 1. The Labute approximate surface area is 100 Å². The molecule has 1 aliphatic heterocycles. The molecule has 2 unspecified atom stereocenters. The van der Waals surface area contributed by atoms with E-state index in [-0.39, 0.29) is 5.91 Å². The Morgan fingerprint density at radius 1 is 1.31 bits per heavy atom. The van der Waals surface area contributed by atoms with Crippen molar-refractivity contribution in [2.45, 2.75) is 38.1 Å². The van der Waals surface area contributed by atoms with Gasteiger partial charge in [0.2, 0.25) is 0 Å². The van der Waals surface area contributed by atoms with Gasteiger partial charge < -0.3 is 4.90 Å². The third-order valence-electron chi connectivity index (χ3n) is 4.00. The first-order valence-corrected chi connectivity index (χ1v) is 7.09. The number of carbonyl (C=O) groups excluding carboxylic acids is 1. The fourth-order valence-electron chi connectivity index (χ4n) is 3.20. The first-order chi connectivity index (χ1) is 7.86. The number of amides is 1. The van der Waals surface area contributed by atoms with Crippen LogP contribution < -0.4 is 0 Å². The molecule has 16 heavy (non-hydrogen) atoms. The van der Waals surface area contributed by atoms with E-state index in [1.807, 2.05) is 17.5 Å². The third kappa shape index (κ3) is 1.67. The van der Waals surface area contributed by atoms with Crippen LogP contribution in [0.3, 0.4) is 0 Å². The van der Waals surface area contributed by atoms with E-state index in [2.05, 4.69) is 4.90 Å². The highest BCUT2D eigenvalue weighted by Gasteiger charge is 2.38. The zero-order valence-electron chi connectivity index (χ0n) is 9.39. The molecule has 1 aromatic rings. The second-order valence-corrected chi connectivity index (χ2v) is 5.82. The van der Waals surface area contributed by atoms with Crippen LogP contribution >= 0.6 is 11.3 Å². The maximum absolute atomic E-state index is 12.3. The standard InChI is InChI=1S/C13H17NOS/c15-13(12-6-3-9-16-12)14-8-7-10-4-1-2-5-11(10)14/h3,6,9-11H,1-2,4-5,7-8H2. The van der Waals surface area contributed by atoms with Crippen molar-refractivity contribution in [2.24, 2.45) is 5.92 Å². The summed E-state index contributed by atoms with van der Waals surface area (Å²) in [6.07, 6.45) is 6.44. The van der Waals surface area contributed by atoms with Gasteiger partial charge >= 0.3 is 0 Å². The van der Waals surface area contributed by atoms with E-state index in [0.29, 0.717) is 6.04 Å². The SMILES string of the molecule is O=C(c1cccs1)N1CCC2CCCCC21. The van der Waals surface area contributed by atoms with E-state index in [9.17, 15) is 4.79 Å². The van der Waals surface area contributed by atoms with Gasteiger partial charge in [-0.1, -0.05) is 18.9 Å². The van der Waals surface area contributed by atoms with Crippen LogP contribution in [0.25, 0.3) is 0 Å². The number of hydrogen-bond donors (Lipinski definition) is 0. The van der Waals surface area contributed by atoms with E-state index < -0.39 is 0 Å². The lowest BCUT2D eigenvalue weighted by Gasteiger charge is -2.31. The molecule has 0 aromatic carbocycles. The highest BCUT2D eigenvalue weighted by atomic mass is 32.1. The van der Waals surface area contributed by atoms with Gasteiger partial charge in [-0.3, -0.25) is 4.79 Å². The fraction of sp³-hybridized carbons (Fsp3) is 0.615. The van der Waals surface area contributed by atoms with Crippen LogP contribution in [-0.4, -0.2) is 23.4 Å². The fourth-order valence-corrected chi connectivity index (χ4v) is 3.88. The first-order valence-electron chi connectivity index (χ1n) is 6.21. The maximum Gasteiger partial charge on any atom is 0.264 e. The Bertz CT molecular complexity index is 373. The normalized spacial score (nSPS) is 29.1. The first kappa shape index (κ1) is 10.3. The monoisotopic (exact) mass is 235 g/mol. The molecule has 2 aliphatic rings. The number of fused-ring (bicyclic) bond motifs is 1. The van der Waals surface area contributed by atoms with Gasteiger partial charge in [0.25, 0.3) is 5.91 Å². The second-order valence-electron chi connectivity index (χ2n) is 4.88. The Morgan fingerprint density at radius 3 is 3.00 bits per heavy atom. The molecule has 0 N–H and O–H groups in total. The highest BCUT2D eigenvalue weighted by Crippen LogP contribution is 2.37. The molecular formula is C13H17NOS. The van der Waals surface area contributed by atoms with Gasteiger partial charge in [-0.2, -0.15) is 0 Å². The molecule has 0 radical (unpaired) electrons. The van der Waals surface area contributed by atoms with E-state index in [0.717, 1.165) is 17.3 Å². The maximum atomic E-state index is 12.3. The van der Waals surface area contributed by atoms with Crippen LogP contribution in [0.1, 0.15) is 41.8 Å². The van der Waals surface area contributed by atoms with Gasteiger partial charge in [-0.15, -0.1) is 11.3 Å². The summed E-state index contributed by atoms with van der Waals surface area (Å²) in [5, 5.41) is 1.99. The van der Waals surface area contributed by atoms with E-state index in [4.69, 9.17) is 0 Å². The predicted octanol–water partition coefficient (Wildman–Crippen LogP) is 3.15.